The zero-order valence-electron chi connectivity index (χ0n) is 16.6. The van der Waals surface area contributed by atoms with Crippen molar-refractivity contribution >= 4 is 44.9 Å². The lowest BCUT2D eigenvalue weighted by molar-refractivity contribution is -0.118. The van der Waals surface area contributed by atoms with Crippen molar-refractivity contribution in [3.63, 3.8) is 0 Å². The summed E-state index contributed by atoms with van der Waals surface area (Å²) in [6, 6.07) is 8.20. The summed E-state index contributed by atoms with van der Waals surface area (Å²) < 4.78 is 1.57. The SMILES string of the molecule is Cc1sc2nc(SC(C)C(=O)N3c4ccccc4CC3C)n(C)c(=O)c2c1C. The molecule has 0 N–H and O–H groups in total. The molecule has 2 unspecified atom stereocenters. The number of rotatable bonds is 3. The number of thiophene rings is 1. The first-order valence-corrected chi connectivity index (χ1v) is 11.0. The molecule has 0 saturated heterocycles. The van der Waals surface area contributed by atoms with E-state index in [0.29, 0.717) is 10.5 Å². The third kappa shape index (κ3) is 2.97. The van der Waals surface area contributed by atoms with Crippen LogP contribution in [0.25, 0.3) is 10.2 Å². The van der Waals surface area contributed by atoms with Crippen LogP contribution in [0.3, 0.4) is 0 Å². The largest absolute Gasteiger partial charge is 0.308 e. The van der Waals surface area contributed by atoms with E-state index in [4.69, 9.17) is 4.98 Å². The van der Waals surface area contributed by atoms with Crippen molar-refractivity contribution in [1.82, 2.24) is 9.55 Å². The number of nitrogens with zero attached hydrogens (tertiary/aromatic N) is 3. The van der Waals surface area contributed by atoms with Crippen LogP contribution < -0.4 is 10.5 Å². The number of para-hydroxylation sites is 1. The summed E-state index contributed by atoms with van der Waals surface area (Å²) in [6.07, 6.45) is 0.871. The van der Waals surface area contributed by atoms with Crippen LogP contribution in [0.5, 0.6) is 0 Å². The first kappa shape index (κ1) is 19.2. The first-order valence-electron chi connectivity index (χ1n) is 9.34. The number of hydrogen-bond acceptors (Lipinski definition) is 5. The van der Waals surface area contributed by atoms with Crippen LogP contribution in [-0.2, 0) is 18.3 Å². The van der Waals surface area contributed by atoms with Gasteiger partial charge >= 0.3 is 0 Å². The molecule has 1 aromatic carbocycles. The zero-order valence-corrected chi connectivity index (χ0v) is 18.3. The maximum absolute atomic E-state index is 13.2. The van der Waals surface area contributed by atoms with Crippen molar-refractivity contribution in [3.8, 4) is 0 Å². The average molecular weight is 414 g/mol. The Morgan fingerprint density at radius 3 is 2.79 bits per heavy atom. The Bertz CT molecular complexity index is 1150. The molecule has 2 aromatic heterocycles. The molecule has 7 heteroatoms. The van der Waals surface area contributed by atoms with Crippen LogP contribution in [0.4, 0.5) is 5.69 Å². The molecule has 0 bridgehead atoms. The van der Waals surface area contributed by atoms with Crippen molar-refractivity contribution in [1.29, 1.82) is 0 Å². The van der Waals surface area contributed by atoms with Gasteiger partial charge in [0.2, 0.25) is 5.91 Å². The lowest BCUT2D eigenvalue weighted by Gasteiger charge is -2.26. The van der Waals surface area contributed by atoms with Gasteiger partial charge in [-0.25, -0.2) is 4.98 Å². The van der Waals surface area contributed by atoms with Crippen molar-refractivity contribution in [3.05, 3.63) is 50.6 Å². The van der Waals surface area contributed by atoms with Crippen LogP contribution in [0.2, 0.25) is 0 Å². The Kier molecular flexibility index (Phi) is 4.83. The summed E-state index contributed by atoms with van der Waals surface area (Å²) in [5, 5.41) is 0.932. The summed E-state index contributed by atoms with van der Waals surface area (Å²) in [5.41, 5.74) is 3.15. The molecule has 28 heavy (non-hydrogen) atoms. The smallest absolute Gasteiger partial charge is 0.262 e. The average Bonchev–Trinajstić information content (AvgIpc) is 3.14. The second-order valence-electron chi connectivity index (χ2n) is 7.37. The molecule has 0 radical (unpaired) electrons. The van der Waals surface area contributed by atoms with E-state index in [1.54, 1.807) is 11.6 Å². The molecule has 0 fully saturated rings. The Hall–Kier alpha value is -2.12. The van der Waals surface area contributed by atoms with E-state index >= 15 is 0 Å². The summed E-state index contributed by atoms with van der Waals surface area (Å²) in [4.78, 5) is 34.5. The maximum Gasteiger partial charge on any atom is 0.262 e. The van der Waals surface area contributed by atoms with Gasteiger partial charge in [-0.3, -0.25) is 14.2 Å². The minimum absolute atomic E-state index is 0.0473. The number of fused-ring (bicyclic) bond motifs is 2. The normalized spacial score (nSPS) is 17.2. The van der Waals surface area contributed by atoms with Crippen LogP contribution in [-0.4, -0.2) is 26.8 Å². The van der Waals surface area contributed by atoms with E-state index in [1.807, 2.05) is 43.9 Å². The van der Waals surface area contributed by atoms with E-state index in [2.05, 4.69) is 13.0 Å². The second kappa shape index (κ2) is 7.04. The standard InChI is InChI=1S/C21H23N3O2S2/c1-11-10-15-8-6-7-9-16(15)24(11)19(25)14(4)28-21-22-18-17(20(26)23(21)5)12(2)13(3)27-18/h6-9,11,14H,10H2,1-5H3. The highest BCUT2D eigenvalue weighted by Gasteiger charge is 2.34. The van der Waals surface area contributed by atoms with E-state index in [9.17, 15) is 9.59 Å². The number of hydrogen-bond donors (Lipinski definition) is 0. The summed E-state index contributed by atoms with van der Waals surface area (Å²) in [7, 11) is 1.73. The quantitative estimate of drug-likeness (QED) is 0.480. The number of benzene rings is 1. The third-order valence-electron chi connectivity index (χ3n) is 5.44. The van der Waals surface area contributed by atoms with Crippen molar-refractivity contribution in [2.24, 2.45) is 7.05 Å². The van der Waals surface area contributed by atoms with Gasteiger partial charge in [-0.1, -0.05) is 30.0 Å². The number of aryl methyl sites for hydroxylation is 2. The van der Waals surface area contributed by atoms with Gasteiger partial charge in [-0.05, 0) is 51.3 Å². The second-order valence-corrected chi connectivity index (χ2v) is 9.88. The highest BCUT2D eigenvalue weighted by atomic mass is 32.2. The summed E-state index contributed by atoms with van der Waals surface area (Å²) >= 11 is 2.89. The van der Waals surface area contributed by atoms with Gasteiger partial charge in [0.1, 0.15) is 4.83 Å². The van der Waals surface area contributed by atoms with Gasteiger partial charge in [0.15, 0.2) is 5.16 Å². The molecule has 1 amide bonds. The van der Waals surface area contributed by atoms with Crippen LogP contribution in [0, 0.1) is 13.8 Å². The van der Waals surface area contributed by atoms with E-state index in [0.717, 1.165) is 27.4 Å². The number of carbonyl (C=O) groups excluding carboxylic acids is 1. The highest BCUT2D eigenvalue weighted by molar-refractivity contribution is 8.00. The number of anilines is 1. The summed E-state index contributed by atoms with van der Waals surface area (Å²) in [5.74, 6) is 0.0512. The third-order valence-corrected chi connectivity index (χ3v) is 7.68. The molecule has 1 aliphatic rings. The highest BCUT2D eigenvalue weighted by Crippen LogP contribution is 2.35. The number of thioether (sulfide) groups is 1. The first-order chi connectivity index (χ1) is 13.3. The minimum atomic E-state index is -0.341. The molecule has 3 aromatic rings. The zero-order chi connectivity index (χ0) is 20.2. The molecular formula is C21H23N3O2S2. The lowest BCUT2D eigenvalue weighted by atomic mass is 10.1. The topological polar surface area (TPSA) is 55.2 Å². The van der Waals surface area contributed by atoms with Crippen molar-refractivity contribution in [2.75, 3.05) is 4.90 Å². The Balaban J connectivity index is 1.65. The molecule has 0 aliphatic carbocycles. The molecule has 5 nitrogen and oxygen atoms in total. The van der Waals surface area contributed by atoms with E-state index in [1.165, 1.54) is 28.7 Å². The molecule has 0 saturated carbocycles. The van der Waals surface area contributed by atoms with Gasteiger partial charge in [0, 0.05) is 23.7 Å². The number of carbonyl (C=O) groups is 1. The predicted octanol–water partition coefficient (Wildman–Crippen LogP) is 4.07. The van der Waals surface area contributed by atoms with Crippen LogP contribution in [0.1, 0.15) is 29.9 Å². The van der Waals surface area contributed by atoms with Gasteiger partial charge in [-0.15, -0.1) is 11.3 Å². The van der Waals surface area contributed by atoms with E-state index in [-0.39, 0.29) is 22.8 Å². The monoisotopic (exact) mass is 413 g/mol. The molecule has 2 atom stereocenters. The maximum atomic E-state index is 13.2. The molecule has 1 aliphatic heterocycles. The molecule has 3 heterocycles. The Labute approximate surface area is 172 Å². The minimum Gasteiger partial charge on any atom is -0.308 e. The van der Waals surface area contributed by atoms with Gasteiger partial charge in [-0.2, -0.15) is 0 Å². The van der Waals surface area contributed by atoms with Crippen LogP contribution >= 0.6 is 23.1 Å². The fourth-order valence-corrected chi connectivity index (χ4v) is 5.76. The van der Waals surface area contributed by atoms with Gasteiger partial charge in [0.25, 0.3) is 5.56 Å². The van der Waals surface area contributed by atoms with Gasteiger partial charge in [0.05, 0.1) is 10.6 Å². The summed E-state index contributed by atoms with van der Waals surface area (Å²) in [6.45, 7) is 7.93. The van der Waals surface area contributed by atoms with E-state index < -0.39 is 0 Å². The fraction of sp³-hybridized carbons (Fsp3) is 0.381. The molecule has 4 rings (SSSR count). The Morgan fingerprint density at radius 2 is 2.04 bits per heavy atom. The fourth-order valence-electron chi connectivity index (χ4n) is 3.77. The molecular weight excluding hydrogens is 390 g/mol. The number of amides is 1. The van der Waals surface area contributed by atoms with Crippen molar-refractivity contribution in [2.45, 2.75) is 50.6 Å². The predicted molar refractivity (Wildman–Crippen MR) is 117 cm³/mol. The molecule has 146 valence electrons. The Morgan fingerprint density at radius 1 is 1.32 bits per heavy atom. The number of aromatic nitrogens is 2. The molecule has 0 spiro atoms. The van der Waals surface area contributed by atoms with Gasteiger partial charge < -0.3 is 4.90 Å². The van der Waals surface area contributed by atoms with Crippen molar-refractivity contribution < 1.29 is 4.79 Å². The van der Waals surface area contributed by atoms with Crippen LogP contribution in [0.15, 0.2) is 34.2 Å². The lowest BCUT2D eigenvalue weighted by Crippen LogP contribution is -2.40.